The maximum atomic E-state index is 12.3. The van der Waals surface area contributed by atoms with Crippen LogP contribution < -0.4 is 4.90 Å². The highest BCUT2D eigenvalue weighted by Crippen LogP contribution is 2.20. The molecule has 1 amide bonds. The van der Waals surface area contributed by atoms with E-state index in [9.17, 15) is 4.79 Å². The molecule has 2 aliphatic rings. The number of amides is 1. The number of hydrogen-bond acceptors (Lipinski definition) is 5. The molecule has 0 saturated carbocycles. The van der Waals surface area contributed by atoms with Crippen molar-refractivity contribution in [2.75, 3.05) is 44.3 Å². The molecule has 1 aromatic heterocycles. The quantitative estimate of drug-likeness (QED) is 0.829. The zero-order valence-electron chi connectivity index (χ0n) is 12.3. The lowest BCUT2D eigenvalue weighted by Crippen LogP contribution is -2.49. The van der Waals surface area contributed by atoms with Crippen molar-refractivity contribution in [1.29, 1.82) is 0 Å². The number of carbonyl (C=O) groups excluding carboxylic acids is 1. The normalized spacial score (nSPS) is 20.6. The van der Waals surface area contributed by atoms with Gasteiger partial charge in [-0.05, 0) is 24.8 Å². The van der Waals surface area contributed by atoms with E-state index in [2.05, 4.69) is 14.9 Å². The molecule has 21 heavy (non-hydrogen) atoms. The minimum atomic E-state index is 0.288. The highest BCUT2D eigenvalue weighted by molar-refractivity contribution is 5.76. The fourth-order valence-corrected chi connectivity index (χ4v) is 2.94. The summed E-state index contributed by atoms with van der Waals surface area (Å²) in [5.74, 6) is 1.55. The van der Waals surface area contributed by atoms with Crippen LogP contribution in [0.4, 0.5) is 5.95 Å². The third-order valence-corrected chi connectivity index (χ3v) is 4.27. The predicted molar refractivity (Wildman–Crippen MR) is 79.0 cm³/mol. The third kappa shape index (κ3) is 3.69. The Hall–Kier alpha value is -1.69. The average molecular weight is 290 g/mol. The lowest BCUT2D eigenvalue weighted by Gasteiger charge is -2.35. The predicted octanol–water partition coefficient (Wildman–Crippen LogP) is 0.942. The molecule has 0 aliphatic carbocycles. The molecule has 6 nitrogen and oxygen atoms in total. The van der Waals surface area contributed by atoms with Crippen LogP contribution in [0.15, 0.2) is 18.5 Å². The van der Waals surface area contributed by atoms with E-state index in [1.807, 2.05) is 11.0 Å². The second-order valence-corrected chi connectivity index (χ2v) is 5.68. The standard InChI is InChI=1S/C15H22N4O2/c20-14(12-13-2-10-21-11-3-13)18-6-8-19(9-7-18)15-16-4-1-5-17-15/h1,4-5,13H,2-3,6-12H2. The van der Waals surface area contributed by atoms with E-state index in [1.54, 1.807) is 12.4 Å². The summed E-state index contributed by atoms with van der Waals surface area (Å²) in [6.45, 7) is 4.75. The average Bonchev–Trinajstić information content (AvgIpc) is 2.57. The van der Waals surface area contributed by atoms with E-state index in [0.29, 0.717) is 12.3 Å². The summed E-state index contributed by atoms with van der Waals surface area (Å²) in [6, 6.07) is 1.82. The summed E-state index contributed by atoms with van der Waals surface area (Å²) in [5, 5.41) is 0. The van der Waals surface area contributed by atoms with Crippen LogP contribution in [0, 0.1) is 5.92 Å². The van der Waals surface area contributed by atoms with Gasteiger partial charge in [-0.3, -0.25) is 4.79 Å². The maximum Gasteiger partial charge on any atom is 0.225 e. The minimum absolute atomic E-state index is 0.288. The Morgan fingerprint density at radius 2 is 1.81 bits per heavy atom. The largest absolute Gasteiger partial charge is 0.381 e. The monoisotopic (exact) mass is 290 g/mol. The van der Waals surface area contributed by atoms with Crippen molar-refractivity contribution in [2.24, 2.45) is 5.92 Å². The zero-order valence-corrected chi connectivity index (χ0v) is 12.3. The first-order valence-electron chi connectivity index (χ1n) is 7.70. The summed E-state index contributed by atoms with van der Waals surface area (Å²) in [5.41, 5.74) is 0. The van der Waals surface area contributed by atoms with E-state index in [-0.39, 0.29) is 5.91 Å². The van der Waals surface area contributed by atoms with Gasteiger partial charge in [0, 0.05) is 58.2 Å². The van der Waals surface area contributed by atoms with Gasteiger partial charge in [0.05, 0.1) is 0 Å². The van der Waals surface area contributed by atoms with E-state index >= 15 is 0 Å². The van der Waals surface area contributed by atoms with Gasteiger partial charge in [-0.2, -0.15) is 0 Å². The number of ether oxygens (including phenoxy) is 1. The van der Waals surface area contributed by atoms with Gasteiger partial charge in [-0.15, -0.1) is 0 Å². The Balaban J connectivity index is 1.47. The van der Waals surface area contributed by atoms with Gasteiger partial charge in [-0.1, -0.05) is 0 Å². The molecule has 0 bridgehead atoms. The first kappa shape index (κ1) is 14.3. The second kappa shape index (κ2) is 6.85. The van der Waals surface area contributed by atoms with Gasteiger partial charge >= 0.3 is 0 Å². The summed E-state index contributed by atoms with van der Waals surface area (Å²) in [7, 11) is 0. The Labute approximate surface area is 125 Å². The van der Waals surface area contributed by atoms with Crippen LogP contribution in [-0.2, 0) is 9.53 Å². The van der Waals surface area contributed by atoms with E-state index < -0.39 is 0 Å². The van der Waals surface area contributed by atoms with Crippen molar-refractivity contribution in [3.05, 3.63) is 18.5 Å². The molecule has 3 heterocycles. The van der Waals surface area contributed by atoms with E-state index in [0.717, 1.165) is 58.2 Å². The summed E-state index contributed by atoms with van der Waals surface area (Å²) in [6.07, 6.45) is 6.22. The molecule has 3 rings (SSSR count). The Morgan fingerprint density at radius 3 is 2.48 bits per heavy atom. The van der Waals surface area contributed by atoms with Crippen molar-refractivity contribution >= 4 is 11.9 Å². The maximum absolute atomic E-state index is 12.3. The number of aromatic nitrogens is 2. The lowest BCUT2D eigenvalue weighted by molar-refractivity contribution is -0.133. The van der Waals surface area contributed by atoms with E-state index in [4.69, 9.17) is 4.74 Å². The Kier molecular flexibility index (Phi) is 4.65. The molecule has 0 aromatic carbocycles. The molecule has 1 aromatic rings. The minimum Gasteiger partial charge on any atom is -0.381 e. The number of nitrogens with zero attached hydrogens (tertiary/aromatic N) is 4. The van der Waals surface area contributed by atoms with Crippen LogP contribution in [-0.4, -0.2) is 60.2 Å². The number of piperazine rings is 1. The molecule has 2 saturated heterocycles. The molecular formula is C15H22N4O2. The van der Waals surface area contributed by atoms with Gasteiger partial charge in [0.2, 0.25) is 11.9 Å². The van der Waals surface area contributed by atoms with Gasteiger partial charge in [0.1, 0.15) is 0 Å². The number of carbonyl (C=O) groups is 1. The van der Waals surface area contributed by atoms with Crippen LogP contribution in [0.1, 0.15) is 19.3 Å². The fourth-order valence-electron chi connectivity index (χ4n) is 2.94. The van der Waals surface area contributed by atoms with Crippen LogP contribution in [0.25, 0.3) is 0 Å². The number of anilines is 1. The van der Waals surface area contributed by atoms with Gasteiger partial charge in [-0.25, -0.2) is 9.97 Å². The van der Waals surface area contributed by atoms with Gasteiger partial charge < -0.3 is 14.5 Å². The summed E-state index contributed by atoms with van der Waals surface area (Å²) < 4.78 is 5.34. The Bertz CT molecular complexity index is 454. The smallest absolute Gasteiger partial charge is 0.225 e. The SMILES string of the molecule is O=C(CC1CCOCC1)N1CCN(c2ncccn2)CC1. The second-order valence-electron chi connectivity index (χ2n) is 5.68. The van der Waals surface area contributed by atoms with Crippen molar-refractivity contribution in [3.63, 3.8) is 0 Å². The topological polar surface area (TPSA) is 58.6 Å². The van der Waals surface area contributed by atoms with Gasteiger partial charge in [0.25, 0.3) is 0 Å². The zero-order chi connectivity index (χ0) is 14.5. The third-order valence-electron chi connectivity index (χ3n) is 4.27. The first-order valence-corrected chi connectivity index (χ1v) is 7.70. The van der Waals surface area contributed by atoms with Crippen LogP contribution in [0.5, 0.6) is 0 Å². The molecule has 0 N–H and O–H groups in total. The number of rotatable bonds is 3. The number of hydrogen-bond donors (Lipinski definition) is 0. The lowest BCUT2D eigenvalue weighted by atomic mass is 9.96. The van der Waals surface area contributed by atoms with Crippen molar-refractivity contribution in [1.82, 2.24) is 14.9 Å². The summed E-state index contributed by atoms with van der Waals surface area (Å²) in [4.78, 5) is 25.0. The molecule has 0 atom stereocenters. The molecule has 0 spiro atoms. The van der Waals surface area contributed by atoms with Crippen molar-refractivity contribution < 1.29 is 9.53 Å². The molecule has 2 fully saturated rings. The van der Waals surface area contributed by atoms with E-state index in [1.165, 1.54) is 0 Å². The molecule has 0 radical (unpaired) electrons. The van der Waals surface area contributed by atoms with Crippen molar-refractivity contribution in [3.8, 4) is 0 Å². The molecular weight excluding hydrogens is 268 g/mol. The van der Waals surface area contributed by atoms with Crippen LogP contribution in [0.2, 0.25) is 0 Å². The molecule has 6 heteroatoms. The Morgan fingerprint density at radius 1 is 1.14 bits per heavy atom. The van der Waals surface area contributed by atoms with Gasteiger partial charge in [0.15, 0.2) is 0 Å². The molecule has 2 aliphatic heterocycles. The van der Waals surface area contributed by atoms with Crippen molar-refractivity contribution in [2.45, 2.75) is 19.3 Å². The fraction of sp³-hybridized carbons (Fsp3) is 0.667. The molecule has 114 valence electrons. The summed E-state index contributed by atoms with van der Waals surface area (Å²) >= 11 is 0. The first-order chi connectivity index (χ1) is 10.3. The van der Waals surface area contributed by atoms with Crippen LogP contribution in [0.3, 0.4) is 0 Å². The van der Waals surface area contributed by atoms with Crippen LogP contribution >= 0.6 is 0 Å². The highest BCUT2D eigenvalue weighted by Gasteiger charge is 2.25. The molecule has 0 unspecified atom stereocenters. The highest BCUT2D eigenvalue weighted by atomic mass is 16.5.